The van der Waals surface area contributed by atoms with Crippen LogP contribution in [0.5, 0.6) is 11.5 Å². The smallest absolute Gasteiger partial charge is 0.231 e. The van der Waals surface area contributed by atoms with Crippen molar-refractivity contribution in [1.82, 2.24) is 14.9 Å². The number of nitrogens with zero attached hydrogens (tertiary/aromatic N) is 4. The first kappa shape index (κ1) is 13.3. The Bertz CT molecular complexity index is 666. The van der Waals surface area contributed by atoms with Gasteiger partial charge in [0.2, 0.25) is 12.7 Å². The number of aromatic nitrogens is 2. The Hall–Kier alpha value is -2.34. The van der Waals surface area contributed by atoms with Crippen molar-refractivity contribution in [2.24, 2.45) is 0 Å². The van der Waals surface area contributed by atoms with Gasteiger partial charge in [-0.05, 0) is 24.7 Å². The highest BCUT2D eigenvalue weighted by Crippen LogP contribution is 2.35. The summed E-state index contributed by atoms with van der Waals surface area (Å²) in [6, 6.07) is 5.89. The van der Waals surface area contributed by atoms with Crippen LogP contribution in [0.2, 0.25) is 0 Å². The molecule has 0 unspecified atom stereocenters. The van der Waals surface area contributed by atoms with Gasteiger partial charge >= 0.3 is 0 Å². The first-order valence-corrected chi connectivity index (χ1v) is 7.45. The van der Waals surface area contributed by atoms with Crippen LogP contribution in [-0.4, -0.2) is 54.9 Å². The lowest BCUT2D eigenvalue weighted by Crippen LogP contribution is -2.45. The first-order valence-electron chi connectivity index (χ1n) is 7.45. The Morgan fingerprint density at radius 2 is 1.64 bits per heavy atom. The Balaban J connectivity index is 1.54. The van der Waals surface area contributed by atoms with Crippen LogP contribution in [0.3, 0.4) is 0 Å². The van der Waals surface area contributed by atoms with Gasteiger partial charge in [-0.3, -0.25) is 0 Å². The van der Waals surface area contributed by atoms with Crippen molar-refractivity contribution >= 4 is 5.95 Å². The molecule has 4 rings (SSSR count). The van der Waals surface area contributed by atoms with E-state index in [0.717, 1.165) is 54.8 Å². The average molecular weight is 298 g/mol. The fraction of sp³-hybridized carbons (Fsp3) is 0.375. The number of anilines is 1. The van der Waals surface area contributed by atoms with E-state index in [4.69, 9.17) is 9.47 Å². The summed E-state index contributed by atoms with van der Waals surface area (Å²) >= 11 is 0. The average Bonchev–Trinajstić information content (AvgIpc) is 3.03. The predicted molar refractivity (Wildman–Crippen MR) is 83.3 cm³/mol. The van der Waals surface area contributed by atoms with Gasteiger partial charge in [-0.2, -0.15) is 0 Å². The fourth-order valence-corrected chi connectivity index (χ4v) is 2.72. The number of piperazine rings is 1. The quantitative estimate of drug-likeness (QED) is 0.840. The molecule has 2 aromatic rings. The molecule has 3 heterocycles. The van der Waals surface area contributed by atoms with E-state index in [0.29, 0.717) is 0 Å². The molecule has 6 heteroatoms. The molecule has 0 N–H and O–H groups in total. The number of rotatable bonds is 2. The molecule has 0 radical (unpaired) electrons. The number of likely N-dealkylation sites (N-methyl/N-ethyl adjacent to an activating group) is 1. The molecule has 0 aliphatic carbocycles. The minimum atomic E-state index is 0.289. The minimum absolute atomic E-state index is 0.289. The summed E-state index contributed by atoms with van der Waals surface area (Å²) in [6.45, 7) is 4.33. The zero-order chi connectivity index (χ0) is 14.9. The van der Waals surface area contributed by atoms with Crippen LogP contribution >= 0.6 is 0 Å². The highest BCUT2D eigenvalue weighted by molar-refractivity contribution is 5.66. The summed E-state index contributed by atoms with van der Waals surface area (Å²) in [5, 5.41) is 0. The molecular weight excluding hydrogens is 280 g/mol. The molecule has 1 saturated heterocycles. The third-order valence-corrected chi connectivity index (χ3v) is 4.13. The minimum Gasteiger partial charge on any atom is -0.454 e. The Morgan fingerprint density at radius 1 is 0.909 bits per heavy atom. The Morgan fingerprint density at radius 3 is 2.41 bits per heavy atom. The summed E-state index contributed by atoms with van der Waals surface area (Å²) < 4.78 is 10.7. The monoisotopic (exact) mass is 298 g/mol. The molecule has 1 aromatic carbocycles. The maximum Gasteiger partial charge on any atom is 0.231 e. The van der Waals surface area contributed by atoms with Gasteiger partial charge in [0.05, 0.1) is 0 Å². The molecule has 0 saturated carbocycles. The van der Waals surface area contributed by atoms with Crippen LogP contribution in [0.4, 0.5) is 5.95 Å². The van der Waals surface area contributed by atoms with Crippen molar-refractivity contribution < 1.29 is 9.47 Å². The van der Waals surface area contributed by atoms with Crippen molar-refractivity contribution in [3.8, 4) is 22.6 Å². The molecule has 1 aromatic heterocycles. The number of fused-ring (bicyclic) bond motifs is 1. The summed E-state index contributed by atoms with van der Waals surface area (Å²) in [5.41, 5.74) is 2.02. The molecule has 0 amide bonds. The molecule has 22 heavy (non-hydrogen) atoms. The van der Waals surface area contributed by atoms with E-state index in [2.05, 4.69) is 26.8 Å². The van der Waals surface area contributed by atoms with Gasteiger partial charge in [0, 0.05) is 44.1 Å². The van der Waals surface area contributed by atoms with Crippen LogP contribution < -0.4 is 14.4 Å². The van der Waals surface area contributed by atoms with Crippen LogP contribution in [0, 0.1) is 0 Å². The maximum atomic E-state index is 5.41. The van der Waals surface area contributed by atoms with Gasteiger partial charge in [-0.25, -0.2) is 9.97 Å². The number of hydrogen-bond donors (Lipinski definition) is 0. The second-order valence-corrected chi connectivity index (χ2v) is 5.63. The molecule has 1 fully saturated rings. The van der Waals surface area contributed by atoms with Crippen LogP contribution in [0.1, 0.15) is 0 Å². The van der Waals surface area contributed by atoms with Crippen LogP contribution in [-0.2, 0) is 0 Å². The summed E-state index contributed by atoms with van der Waals surface area (Å²) in [6.07, 6.45) is 3.75. The van der Waals surface area contributed by atoms with E-state index >= 15 is 0 Å². The molecular formula is C16H18N4O2. The zero-order valence-corrected chi connectivity index (χ0v) is 12.5. The predicted octanol–water partition coefficient (Wildman–Crippen LogP) is 1.62. The van der Waals surface area contributed by atoms with Crippen molar-refractivity contribution in [1.29, 1.82) is 0 Å². The summed E-state index contributed by atoms with van der Waals surface area (Å²) in [7, 11) is 2.14. The van der Waals surface area contributed by atoms with E-state index < -0.39 is 0 Å². The molecule has 0 bridgehead atoms. The lowest BCUT2D eigenvalue weighted by Gasteiger charge is -2.32. The van der Waals surface area contributed by atoms with Crippen molar-refractivity contribution in [3.05, 3.63) is 30.6 Å². The van der Waals surface area contributed by atoms with E-state index in [1.54, 1.807) is 0 Å². The van der Waals surface area contributed by atoms with Crippen molar-refractivity contribution in [2.45, 2.75) is 0 Å². The van der Waals surface area contributed by atoms with Crippen molar-refractivity contribution in [2.75, 3.05) is 44.9 Å². The Labute approximate surface area is 129 Å². The van der Waals surface area contributed by atoms with E-state index in [1.165, 1.54) is 0 Å². The second kappa shape index (κ2) is 5.46. The van der Waals surface area contributed by atoms with Gasteiger partial charge in [-0.15, -0.1) is 0 Å². The summed E-state index contributed by atoms with van der Waals surface area (Å²) in [5.74, 6) is 2.37. The highest BCUT2D eigenvalue weighted by Gasteiger charge is 2.17. The first-order chi connectivity index (χ1) is 10.8. The van der Waals surface area contributed by atoms with Crippen LogP contribution in [0.25, 0.3) is 11.1 Å². The second-order valence-electron chi connectivity index (χ2n) is 5.63. The van der Waals surface area contributed by atoms with Crippen LogP contribution in [0.15, 0.2) is 30.6 Å². The SMILES string of the molecule is CN1CCN(c2ncc(-c3ccc4c(c3)OCO4)cn2)CC1. The number of benzene rings is 1. The van der Waals surface area contributed by atoms with Gasteiger partial charge in [0.1, 0.15) is 0 Å². The van der Waals surface area contributed by atoms with Gasteiger partial charge in [-0.1, -0.05) is 6.07 Å². The van der Waals surface area contributed by atoms with Gasteiger partial charge in [0.15, 0.2) is 11.5 Å². The molecule has 114 valence electrons. The number of hydrogen-bond acceptors (Lipinski definition) is 6. The molecule has 0 spiro atoms. The molecule has 6 nitrogen and oxygen atoms in total. The van der Waals surface area contributed by atoms with E-state index in [9.17, 15) is 0 Å². The largest absolute Gasteiger partial charge is 0.454 e. The number of ether oxygens (including phenoxy) is 2. The topological polar surface area (TPSA) is 50.7 Å². The zero-order valence-electron chi connectivity index (χ0n) is 12.5. The standard InChI is InChI=1S/C16H18N4O2/c1-19-4-6-20(7-5-19)16-17-9-13(10-18-16)12-2-3-14-15(8-12)22-11-21-14/h2-3,8-10H,4-7,11H2,1H3. The lowest BCUT2D eigenvalue weighted by molar-refractivity contribution is 0.174. The molecule has 2 aliphatic heterocycles. The van der Waals surface area contributed by atoms with E-state index in [-0.39, 0.29) is 6.79 Å². The van der Waals surface area contributed by atoms with E-state index in [1.807, 2.05) is 30.6 Å². The molecule has 2 aliphatic rings. The normalized spacial score (nSPS) is 17.8. The third kappa shape index (κ3) is 2.46. The van der Waals surface area contributed by atoms with Crippen molar-refractivity contribution in [3.63, 3.8) is 0 Å². The lowest BCUT2D eigenvalue weighted by atomic mass is 10.1. The molecule has 0 atom stereocenters. The Kier molecular flexibility index (Phi) is 3.31. The van der Waals surface area contributed by atoms with Gasteiger partial charge in [0.25, 0.3) is 0 Å². The third-order valence-electron chi connectivity index (χ3n) is 4.13. The van der Waals surface area contributed by atoms with Gasteiger partial charge < -0.3 is 19.3 Å². The summed E-state index contributed by atoms with van der Waals surface area (Å²) in [4.78, 5) is 13.6. The maximum absolute atomic E-state index is 5.41. The highest BCUT2D eigenvalue weighted by atomic mass is 16.7. The fourth-order valence-electron chi connectivity index (χ4n) is 2.72.